The number of Topliss-reactive ketones (excluding diaryl/α,β-unsaturated/α-hetero) is 1. The van der Waals surface area contributed by atoms with Crippen LogP contribution in [-0.4, -0.2) is 16.6 Å². The van der Waals surface area contributed by atoms with Gasteiger partial charge in [0.25, 0.3) is 0 Å². The van der Waals surface area contributed by atoms with E-state index in [9.17, 15) is 9.90 Å². The molecule has 0 aromatic rings. The Morgan fingerprint density at radius 2 is 2.07 bits per heavy atom. The van der Waals surface area contributed by atoms with Crippen LogP contribution in [0.4, 0.5) is 0 Å². The van der Waals surface area contributed by atoms with Crippen LogP contribution in [0.1, 0.15) is 34.1 Å². The lowest BCUT2D eigenvalue weighted by Gasteiger charge is -2.33. The molecule has 0 aromatic heterocycles. The molecule has 1 aliphatic rings. The van der Waals surface area contributed by atoms with E-state index < -0.39 is 0 Å². The second-order valence-electron chi connectivity index (χ2n) is 4.70. The summed E-state index contributed by atoms with van der Waals surface area (Å²) in [6.07, 6.45) is 0.647. The molecule has 0 aromatic carbocycles. The van der Waals surface area contributed by atoms with Crippen LogP contribution in [0, 0.1) is 16.7 Å². The Labute approximate surface area is 84.3 Å². The van der Waals surface area contributed by atoms with Crippen LogP contribution in [-0.2, 0) is 4.79 Å². The molecule has 0 unspecified atom stereocenters. The molecule has 2 N–H and O–H groups in total. The first-order valence-corrected chi connectivity index (χ1v) is 4.81. The Morgan fingerprint density at radius 1 is 1.57 bits per heavy atom. The first kappa shape index (κ1) is 11.0. The highest BCUT2D eigenvalue weighted by molar-refractivity contribution is 6.22. The van der Waals surface area contributed by atoms with Gasteiger partial charge in [-0.05, 0) is 13.3 Å². The van der Waals surface area contributed by atoms with E-state index in [1.807, 2.05) is 20.8 Å². The van der Waals surface area contributed by atoms with Crippen LogP contribution >= 0.6 is 0 Å². The average molecular weight is 195 g/mol. The molecule has 0 bridgehead atoms. The molecule has 0 saturated carbocycles. The van der Waals surface area contributed by atoms with Gasteiger partial charge in [0.1, 0.15) is 5.76 Å². The fourth-order valence-corrected chi connectivity index (χ4v) is 2.02. The summed E-state index contributed by atoms with van der Waals surface area (Å²) < 4.78 is 0. The second-order valence-corrected chi connectivity index (χ2v) is 4.70. The molecule has 14 heavy (non-hydrogen) atoms. The van der Waals surface area contributed by atoms with Gasteiger partial charge >= 0.3 is 0 Å². The van der Waals surface area contributed by atoms with Gasteiger partial charge in [-0.15, -0.1) is 0 Å². The van der Waals surface area contributed by atoms with Gasteiger partial charge in [-0.25, -0.2) is 0 Å². The van der Waals surface area contributed by atoms with E-state index in [2.05, 4.69) is 0 Å². The van der Waals surface area contributed by atoms with Crippen molar-refractivity contribution >= 4 is 11.5 Å². The van der Waals surface area contributed by atoms with E-state index in [0.29, 0.717) is 6.42 Å². The van der Waals surface area contributed by atoms with Crippen LogP contribution in [0.5, 0.6) is 0 Å². The zero-order valence-corrected chi connectivity index (χ0v) is 9.14. The van der Waals surface area contributed by atoms with E-state index >= 15 is 0 Å². The number of carbonyl (C=O) groups is 1. The summed E-state index contributed by atoms with van der Waals surface area (Å²) in [7, 11) is 0. The Hall–Kier alpha value is -1.12. The summed E-state index contributed by atoms with van der Waals surface area (Å²) in [6, 6.07) is 0. The number of aliphatic hydroxyl groups excluding tert-OH is 1. The predicted octanol–water partition coefficient (Wildman–Crippen LogP) is 2.47. The van der Waals surface area contributed by atoms with Gasteiger partial charge in [-0.3, -0.25) is 4.79 Å². The first-order chi connectivity index (χ1) is 6.27. The largest absolute Gasteiger partial charge is 0.511 e. The van der Waals surface area contributed by atoms with Gasteiger partial charge < -0.3 is 10.5 Å². The smallest absolute Gasteiger partial charge is 0.170 e. The minimum absolute atomic E-state index is 0.0769. The van der Waals surface area contributed by atoms with E-state index in [0.717, 1.165) is 0 Å². The lowest BCUT2D eigenvalue weighted by Crippen LogP contribution is -2.34. The molecule has 0 fully saturated rings. The highest BCUT2D eigenvalue weighted by Crippen LogP contribution is 2.39. The normalized spacial score (nSPS) is 26.6. The van der Waals surface area contributed by atoms with Gasteiger partial charge in [-0.2, -0.15) is 0 Å². The van der Waals surface area contributed by atoms with Gasteiger partial charge in [-0.1, -0.05) is 20.8 Å². The number of nitrogens with one attached hydrogen (secondary N) is 1. The van der Waals surface area contributed by atoms with Crippen LogP contribution < -0.4 is 0 Å². The molecule has 3 heteroatoms. The predicted molar refractivity (Wildman–Crippen MR) is 55.6 cm³/mol. The molecular formula is C11H17NO2. The van der Waals surface area contributed by atoms with Gasteiger partial charge in [0, 0.05) is 17.0 Å². The third-order valence-electron chi connectivity index (χ3n) is 2.76. The molecule has 0 heterocycles. The van der Waals surface area contributed by atoms with Crippen molar-refractivity contribution < 1.29 is 9.90 Å². The Morgan fingerprint density at radius 3 is 2.50 bits per heavy atom. The van der Waals surface area contributed by atoms with E-state index in [-0.39, 0.29) is 34.2 Å². The number of ketones is 1. The highest BCUT2D eigenvalue weighted by atomic mass is 16.3. The number of carbonyl (C=O) groups excluding carboxylic acids is 1. The molecule has 0 radical (unpaired) electrons. The van der Waals surface area contributed by atoms with Gasteiger partial charge in [0.05, 0.1) is 5.57 Å². The standard InChI is InChI=1S/C11H17NO2/c1-6-5-11(3,4)10(14)8(7(2)12)9(6)13/h6,12,14H,5H2,1-4H3/t6-/m1/s1. The van der Waals surface area contributed by atoms with Crippen molar-refractivity contribution in [3.63, 3.8) is 0 Å². The van der Waals surface area contributed by atoms with Crippen molar-refractivity contribution in [3.8, 4) is 0 Å². The topological polar surface area (TPSA) is 61.1 Å². The number of allylic oxidation sites excluding steroid dienone is 2. The monoisotopic (exact) mass is 195 g/mol. The Balaban J connectivity index is 3.30. The molecule has 0 spiro atoms. The van der Waals surface area contributed by atoms with Crippen molar-refractivity contribution in [1.82, 2.24) is 0 Å². The molecule has 3 nitrogen and oxygen atoms in total. The zero-order chi connectivity index (χ0) is 11.1. The Kier molecular flexibility index (Phi) is 2.52. The third kappa shape index (κ3) is 1.59. The molecule has 1 rings (SSSR count). The second kappa shape index (κ2) is 3.23. The molecule has 0 aliphatic heterocycles. The van der Waals surface area contributed by atoms with Crippen LogP contribution in [0.2, 0.25) is 0 Å². The van der Waals surface area contributed by atoms with Crippen LogP contribution in [0.25, 0.3) is 0 Å². The van der Waals surface area contributed by atoms with Crippen molar-refractivity contribution in [2.45, 2.75) is 34.1 Å². The maximum Gasteiger partial charge on any atom is 0.170 e. The van der Waals surface area contributed by atoms with Crippen molar-refractivity contribution in [1.29, 1.82) is 5.41 Å². The van der Waals surface area contributed by atoms with E-state index in [4.69, 9.17) is 5.41 Å². The first-order valence-electron chi connectivity index (χ1n) is 4.81. The molecule has 0 saturated heterocycles. The third-order valence-corrected chi connectivity index (χ3v) is 2.76. The summed E-state index contributed by atoms with van der Waals surface area (Å²) in [5, 5.41) is 17.4. The summed E-state index contributed by atoms with van der Waals surface area (Å²) in [6.45, 7) is 7.18. The quantitative estimate of drug-likeness (QED) is 0.631. The van der Waals surface area contributed by atoms with Crippen molar-refractivity contribution in [2.75, 3.05) is 0 Å². The summed E-state index contributed by atoms with van der Waals surface area (Å²) in [4.78, 5) is 11.7. The summed E-state index contributed by atoms with van der Waals surface area (Å²) >= 11 is 0. The highest BCUT2D eigenvalue weighted by Gasteiger charge is 2.39. The van der Waals surface area contributed by atoms with Crippen molar-refractivity contribution in [3.05, 3.63) is 11.3 Å². The molecular weight excluding hydrogens is 178 g/mol. The van der Waals surface area contributed by atoms with Crippen LogP contribution in [0.3, 0.4) is 0 Å². The number of rotatable bonds is 1. The minimum Gasteiger partial charge on any atom is -0.511 e. The van der Waals surface area contributed by atoms with Gasteiger partial charge in [0.2, 0.25) is 0 Å². The fraction of sp³-hybridized carbons (Fsp3) is 0.636. The SMILES string of the molecule is CC(=N)C1=C(O)C(C)(C)C[C@@H](C)C1=O. The summed E-state index contributed by atoms with van der Waals surface area (Å²) in [5.41, 5.74) is -0.00815. The zero-order valence-electron chi connectivity index (χ0n) is 9.14. The van der Waals surface area contributed by atoms with Crippen LogP contribution in [0.15, 0.2) is 11.3 Å². The van der Waals surface area contributed by atoms with E-state index in [1.165, 1.54) is 6.92 Å². The number of hydrogen-bond acceptors (Lipinski definition) is 3. The maximum absolute atomic E-state index is 11.7. The number of hydrogen-bond donors (Lipinski definition) is 2. The fourth-order valence-electron chi connectivity index (χ4n) is 2.02. The molecule has 0 amide bonds. The van der Waals surface area contributed by atoms with Gasteiger partial charge in [0.15, 0.2) is 5.78 Å². The average Bonchev–Trinajstić information content (AvgIpc) is 2.00. The molecule has 1 atom stereocenters. The minimum atomic E-state index is -0.384. The molecule has 1 aliphatic carbocycles. The maximum atomic E-state index is 11.7. The summed E-state index contributed by atoms with van der Waals surface area (Å²) in [5.74, 6) is -0.126. The van der Waals surface area contributed by atoms with Crippen molar-refractivity contribution in [2.24, 2.45) is 11.3 Å². The number of aliphatic hydroxyl groups is 1. The molecule has 78 valence electrons. The van der Waals surface area contributed by atoms with E-state index in [1.54, 1.807) is 0 Å². The Bertz CT molecular complexity index is 326. The lowest BCUT2D eigenvalue weighted by atomic mass is 9.71. The lowest BCUT2D eigenvalue weighted by molar-refractivity contribution is -0.120.